The normalized spacial score (nSPS) is 14.8. The molecular formula is C15H18N6O. The van der Waals surface area contributed by atoms with Gasteiger partial charge in [-0.25, -0.2) is 15.8 Å². The van der Waals surface area contributed by atoms with E-state index < -0.39 is 0 Å². The lowest BCUT2D eigenvalue weighted by molar-refractivity contribution is 0.0953. The predicted octanol–water partition coefficient (Wildman–Crippen LogP) is 0.407. The molecule has 0 bridgehead atoms. The molecule has 2 heterocycles. The van der Waals surface area contributed by atoms with Gasteiger partial charge in [-0.2, -0.15) is 0 Å². The van der Waals surface area contributed by atoms with Gasteiger partial charge in [-0.1, -0.05) is 0 Å². The Morgan fingerprint density at radius 2 is 1.59 bits per heavy atom. The summed E-state index contributed by atoms with van der Waals surface area (Å²) < 4.78 is 0. The summed E-state index contributed by atoms with van der Waals surface area (Å²) in [5.41, 5.74) is 3.79. The molecule has 1 aliphatic rings. The molecule has 22 heavy (non-hydrogen) atoms. The van der Waals surface area contributed by atoms with E-state index in [1.54, 1.807) is 24.5 Å². The van der Waals surface area contributed by atoms with Crippen LogP contribution >= 0.6 is 0 Å². The van der Waals surface area contributed by atoms with Gasteiger partial charge in [0.15, 0.2) is 0 Å². The molecule has 1 amide bonds. The first-order valence-electron chi connectivity index (χ1n) is 7.16. The number of hydrogen-bond acceptors (Lipinski definition) is 6. The Labute approximate surface area is 128 Å². The Bertz CT molecular complexity index is 622. The molecule has 1 saturated heterocycles. The van der Waals surface area contributed by atoms with Gasteiger partial charge in [0.1, 0.15) is 0 Å². The molecule has 3 N–H and O–H groups in total. The number of hydrazine groups is 1. The van der Waals surface area contributed by atoms with Crippen molar-refractivity contribution >= 4 is 17.5 Å². The van der Waals surface area contributed by atoms with Crippen LogP contribution in [0.2, 0.25) is 0 Å². The Morgan fingerprint density at radius 1 is 1.00 bits per heavy atom. The fourth-order valence-electron chi connectivity index (χ4n) is 2.53. The highest BCUT2D eigenvalue weighted by Crippen LogP contribution is 2.18. The number of piperazine rings is 1. The third kappa shape index (κ3) is 2.99. The van der Waals surface area contributed by atoms with E-state index in [2.05, 4.69) is 25.2 Å². The van der Waals surface area contributed by atoms with Gasteiger partial charge in [-0.05, 0) is 30.3 Å². The largest absolute Gasteiger partial charge is 0.368 e. The van der Waals surface area contributed by atoms with Crippen LogP contribution in [0.4, 0.5) is 11.6 Å². The van der Waals surface area contributed by atoms with E-state index in [9.17, 15) is 4.79 Å². The van der Waals surface area contributed by atoms with E-state index in [1.807, 2.05) is 18.2 Å². The zero-order valence-corrected chi connectivity index (χ0v) is 12.1. The van der Waals surface area contributed by atoms with Gasteiger partial charge >= 0.3 is 0 Å². The van der Waals surface area contributed by atoms with Crippen LogP contribution in [0.3, 0.4) is 0 Å². The average molecular weight is 298 g/mol. The monoisotopic (exact) mass is 298 g/mol. The number of hydrogen-bond donors (Lipinski definition) is 2. The lowest BCUT2D eigenvalue weighted by atomic mass is 10.1. The number of aromatic nitrogens is 2. The molecule has 0 saturated carbocycles. The maximum Gasteiger partial charge on any atom is 0.265 e. The van der Waals surface area contributed by atoms with Crippen LogP contribution in [-0.4, -0.2) is 42.1 Å². The second kappa shape index (κ2) is 6.40. The highest BCUT2D eigenvalue weighted by molar-refractivity contribution is 5.94. The summed E-state index contributed by atoms with van der Waals surface area (Å²) in [4.78, 5) is 24.4. The molecule has 7 heteroatoms. The minimum atomic E-state index is -0.280. The van der Waals surface area contributed by atoms with Gasteiger partial charge in [0, 0.05) is 49.8 Å². The predicted molar refractivity (Wildman–Crippen MR) is 84.6 cm³/mol. The molecule has 0 unspecified atom stereocenters. The lowest BCUT2D eigenvalue weighted by Gasteiger charge is -2.36. The van der Waals surface area contributed by atoms with E-state index >= 15 is 0 Å². The highest BCUT2D eigenvalue weighted by Gasteiger charge is 2.19. The second-order valence-corrected chi connectivity index (χ2v) is 5.04. The maximum absolute atomic E-state index is 11.4. The summed E-state index contributed by atoms with van der Waals surface area (Å²) in [5.74, 6) is 5.62. The zero-order valence-electron chi connectivity index (χ0n) is 12.1. The number of rotatable bonds is 3. The van der Waals surface area contributed by atoms with Gasteiger partial charge in [0.2, 0.25) is 5.95 Å². The zero-order chi connectivity index (χ0) is 15.4. The molecule has 1 aromatic carbocycles. The molecular weight excluding hydrogens is 280 g/mol. The van der Waals surface area contributed by atoms with Crippen molar-refractivity contribution in [1.29, 1.82) is 0 Å². The number of carbonyl (C=O) groups excluding carboxylic acids is 1. The number of nitrogens with two attached hydrogens (primary N) is 1. The van der Waals surface area contributed by atoms with E-state index in [4.69, 9.17) is 5.84 Å². The molecule has 7 nitrogen and oxygen atoms in total. The van der Waals surface area contributed by atoms with Crippen molar-refractivity contribution in [3.63, 3.8) is 0 Å². The summed E-state index contributed by atoms with van der Waals surface area (Å²) in [7, 11) is 0. The maximum atomic E-state index is 11.4. The number of nitrogens with one attached hydrogen (secondary N) is 1. The van der Waals surface area contributed by atoms with Gasteiger partial charge in [-0.3, -0.25) is 10.2 Å². The van der Waals surface area contributed by atoms with Crippen molar-refractivity contribution < 1.29 is 4.79 Å². The van der Waals surface area contributed by atoms with Crippen molar-refractivity contribution in [2.24, 2.45) is 5.84 Å². The fourth-order valence-corrected chi connectivity index (χ4v) is 2.53. The Hall–Kier alpha value is -2.67. The number of amides is 1. The topological polar surface area (TPSA) is 87.4 Å². The fraction of sp³-hybridized carbons (Fsp3) is 0.267. The van der Waals surface area contributed by atoms with E-state index in [0.717, 1.165) is 37.8 Å². The van der Waals surface area contributed by atoms with E-state index in [-0.39, 0.29) is 5.91 Å². The minimum absolute atomic E-state index is 0.280. The first-order valence-corrected chi connectivity index (χ1v) is 7.16. The van der Waals surface area contributed by atoms with Crippen LogP contribution in [0.25, 0.3) is 0 Å². The molecule has 0 radical (unpaired) electrons. The summed E-state index contributed by atoms with van der Waals surface area (Å²) in [6, 6.07) is 9.27. The third-order valence-corrected chi connectivity index (χ3v) is 3.74. The van der Waals surface area contributed by atoms with Crippen molar-refractivity contribution in [1.82, 2.24) is 15.4 Å². The summed E-state index contributed by atoms with van der Waals surface area (Å²) in [5, 5.41) is 0. The van der Waals surface area contributed by atoms with E-state index in [0.29, 0.717) is 5.56 Å². The lowest BCUT2D eigenvalue weighted by Crippen LogP contribution is -2.47. The molecule has 114 valence electrons. The molecule has 0 spiro atoms. The Kier molecular flexibility index (Phi) is 4.15. The first-order chi connectivity index (χ1) is 10.8. The molecule has 0 aliphatic carbocycles. The van der Waals surface area contributed by atoms with Crippen LogP contribution in [-0.2, 0) is 0 Å². The van der Waals surface area contributed by atoms with Crippen molar-refractivity contribution in [2.75, 3.05) is 36.0 Å². The molecule has 3 rings (SSSR count). The summed E-state index contributed by atoms with van der Waals surface area (Å²) in [6.07, 6.45) is 3.52. The number of benzene rings is 1. The molecule has 0 atom stereocenters. The minimum Gasteiger partial charge on any atom is -0.368 e. The number of anilines is 2. The summed E-state index contributed by atoms with van der Waals surface area (Å²) in [6.45, 7) is 3.52. The number of carbonyl (C=O) groups is 1. The van der Waals surface area contributed by atoms with Gasteiger partial charge in [0.25, 0.3) is 5.91 Å². The molecule has 1 fully saturated rings. The second-order valence-electron chi connectivity index (χ2n) is 5.04. The van der Waals surface area contributed by atoms with Crippen molar-refractivity contribution in [2.45, 2.75) is 0 Å². The van der Waals surface area contributed by atoms with Crippen LogP contribution in [0.1, 0.15) is 10.4 Å². The van der Waals surface area contributed by atoms with Crippen molar-refractivity contribution in [3.05, 3.63) is 48.3 Å². The Morgan fingerprint density at radius 3 is 2.18 bits per heavy atom. The van der Waals surface area contributed by atoms with Crippen molar-refractivity contribution in [3.8, 4) is 0 Å². The van der Waals surface area contributed by atoms with Gasteiger partial charge in [-0.15, -0.1) is 0 Å². The highest BCUT2D eigenvalue weighted by atomic mass is 16.2. The number of nitrogen functional groups attached to an aromatic ring is 1. The third-order valence-electron chi connectivity index (χ3n) is 3.74. The standard InChI is InChI=1S/C15H18N6O/c16-19-14(22)12-2-4-13(5-3-12)20-8-10-21(11-9-20)15-17-6-1-7-18-15/h1-7H,8-11,16H2,(H,19,22). The quantitative estimate of drug-likeness (QED) is 0.485. The van der Waals surface area contributed by atoms with E-state index in [1.165, 1.54) is 0 Å². The summed E-state index contributed by atoms with van der Waals surface area (Å²) >= 11 is 0. The van der Waals surface area contributed by atoms with Crippen LogP contribution in [0.5, 0.6) is 0 Å². The molecule has 1 aliphatic heterocycles. The molecule has 1 aromatic heterocycles. The Balaban J connectivity index is 1.63. The van der Waals surface area contributed by atoms with Gasteiger partial charge in [0.05, 0.1) is 0 Å². The first kappa shape index (κ1) is 14.3. The molecule has 2 aromatic rings. The van der Waals surface area contributed by atoms with Crippen LogP contribution < -0.4 is 21.1 Å². The SMILES string of the molecule is NNC(=O)c1ccc(N2CCN(c3ncccn3)CC2)cc1. The number of nitrogens with zero attached hydrogens (tertiary/aromatic N) is 4. The van der Waals surface area contributed by atoms with Crippen LogP contribution in [0, 0.1) is 0 Å². The van der Waals surface area contributed by atoms with Crippen LogP contribution in [0.15, 0.2) is 42.7 Å². The average Bonchev–Trinajstić information content (AvgIpc) is 2.62. The smallest absolute Gasteiger partial charge is 0.265 e. The van der Waals surface area contributed by atoms with Gasteiger partial charge < -0.3 is 9.80 Å².